The molecule has 1 saturated heterocycles. The SMILES string of the molecule is CCOc1ccc(CN2CCN(CC)CC2)cc1C(=N)N. The molecule has 0 amide bonds. The zero-order valence-corrected chi connectivity index (χ0v) is 13.1. The fourth-order valence-corrected chi connectivity index (χ4v) is 2.69. The standard InChI is InChI=1S/C16H26N4O/c1-3-19-7-9-20(10-8-19)12-13-5-6-15(21-4-2)14(11-13)16(17)18/h5-6,11H,3-4,7-10,12H2,1-2H3,(H3,17,18). The highest BCUT2D eigenvalue weighted by atomic mass is 16.5. The van der Waals surface area contributed by atoms with Gasteiger partial charge < -0.3 is 15.4 Å². The molecule has 5 nitrogen and oxygen atoms in total. The molecule has 1 heterocycles. The third-order valence-electron chi connectivity index (χ3n) is 3.95. The molecule has 1 aromatic carbocycles. The van der Waals surface area contributed by atoms with Crippen molar-refractivity contribution in [2.45, 2.75) is 20.4 Å². The van der Waals surface area contributed by atoms with Crippen molar-refractivity contribution >= 4 is 5.84 Å². The largest absolute Gasteiger partial charge is 0.493 e. The summed E-state index contributed by atoms with van der Waals surface area (Å²) in [6.45, 7) is 11.2. The quantitative estimate of drug-likeness (QED) is 0.615. The van der Waals surface area contributed by atoms with Gasteiger partial charge in [-0.2, -0.15) is 0 Å². The van der Waals surface area contributed by atoms with Crippen LogP contribution in [-0.2, 0) is 6.54 Å². The van der Waals surface area contributed by atoms with Crippen LogP contribution in [0.25, 0.3) is 0 Å². The zero-order chi connectivity index (χ0) is 15.2. The van der Waals surface area contributed by atoms with E-state index in [0.29, 0.717) is 17.9 Å². The van der Waals surface area contributed by atoms with Crippen molar-refractivity contribution in [3.8, 4) is 5.75 Å². The molecule has 1 aromatic rings. The van der Waals surface area contributed by atoms with E-state index in [2.05, 4.69) is 22.8 Å². The van der Waals surface area contributed by atoms with Gasteiger partial charge in [-0.3, -0.25) is 10.3 Å². The second kappa shape index (κ2) is 7.43. The van der Waals surface area contributed by atoms with E-state index in [1.165, 1.54) is 5.56 Å². The molecule has 21 heavy (non-hydrogen) atoms. The van der Waals surface area contributed by atoms with Crippen molar-refractivity contribution in [2.75, 3.05) is 39.3 Å². The number of nitrogens with one attached hydrogen (secondary N) is 1. The van der Waals surface area contributed by atoms with Crippen LogP contribution >= 0.6 is 0 Å². The Balaban J connectivity index is 2.04. The minimum Gasteiger partial charge on any atom is -0.493 e. The lowest BCUT2D eigenvalue weighted by atomic mass is 10.1. The van der Waals surface area contributed by atoms with Crippen LogP contribution in [0.4, 0.5) is 0 Å². The van der Waals surface area contributed by atoms with Crippen molar-refractivity contribution in [1.82, 2.24) is 9.80 Å². The molecule has 0 unspecified atom stereocenters. The molecule has 0 aromatic heterocycles. The number of nitrogens with two attached hydrogens (primary N) is 1. The molecule has 2 rings (SSSR count). The van der Waals surface area contributed by atoms with Crippen LogP contribution in [0, 0.1) is 5.41 Å². The van der Waals surface area contributed by atoms with Gasteiger partial charge in [0.25, 0.3) is 0 Å². The zero-order valence-electron chi connectivity index (χ0n) is 13.1. The minimum atomic E-state index is 0.0658. The first-order valence-electron chi connectivity index (χ1n) is 7.68. The van der Waals surface area contributed by atoms with Crippen molar-refractivity contribution in [2.24, 2.45) is 5.73 Å². The smallest absolute Gasteiger partial charge is 0.130 e. The number of amidine groups is 1. The van der Waals surface area contributed by atoms with Gasteiger partial charge in [0.05, 0.1) is 12.2 Å². The Morgan fingerprint density at radius 1 is 1.19 bits per heavy atom. The van der Waals surface area contributed by atoms with Crippen molar-refractivity contribution in [3.63, 3.8) is 0 Å². The van der Waals surface area contributed by atoms with Gasteiger partial charge in [0.2, 0.25) is 0 Å². The lowest BCUT2D eigenvalue weighted by Gasteiger charge is -2.34. The second-order valence-electron chi connectivity index (χ2n) is 5.39. The molecule has 0 radical (unpaired) electrons. The number of ether oxygens (including phenoxy) is 1. The van der Waals surface area contributed by atoms with Gasteiger partial charge in [0, 0.05) is 32.7 Å². The average molecular weight is 290 g/mol. The summed E-state index contributed by atoms with van der Waals surface area (Å²) in [5, 5.41) is 7.70. The molecular formula is C16H26N4O. The van der Waals surface area contributed by atoms with Crippen LogP contribution < -0.4 is 10.5 Å². The first-order valence-corrected chi connectivity index (χ1v) is 7.68. The summed E-state index contributed by atoms with van der Waals surface area (Å²) in [5.41, 5.74) is 7.55. The predicted octanol–water partition coefficient (Wildman–Crippen LogP) is 1.51. The van der Waals surface area contributed by atoms with E-state index in [1.54, 1.807) is 0 Å². The number of piperazine rings is 1. The Morgan fingerprint density at radius 3 is 2.43 bits per heavy atom. The summed E-state index contributed by atoms with van der Waals surface area (Å²) in [7, 11) is 0. The fraction of sp³-hybridized carbons (Fsp3) is 0.562. The Hall–Kier alpha value is -1.59. The molecule has 5 heteroatoms. The van der Waals surface area contributed by atoms with Gasteiger partial charge >= 0.3 is 0 Å². The van der Waals surface area contributed by atoms with Gasteiger partial charge in [0.1, 0.15) is 11.6 Å². The lowest BCUT2D eigenvalue weighted by Crippen LogP contribution is -2.45. The van der Waals surface area contributed by atoms with E-state index in [-0.39, 0.29) is 5.84 Å². The van der Waals surface area contributed by atoms with Crippen molar-refractivity contribution < 1.29 is 4.74 Å². The molecule has 1 aliphatic heterocycles. The van der Waals surface area contributed by atoms with Crippen LogP contribution in [0.5, 0.6) is 5.75 Å². The maximum absolute atomic E-state index is 7.70. The number of hydrogen-bond acceptors (Lipinski definition) is 4. The number of benzene rings is 1. The summed E-state index contributed by atoms with van der Waals surface area (Å²) in [4.78, 5) is 4.92. The first kappa shape index (κ1) is 15.8. The molecule has 0 saturated carbocycles. The van der Waals surface area contributed by atoms with E-state index in [4.69, 9.17) is 15.9 Å². The second-order valence-corrected chi connectivity index (χ2v) is 5.39. The lowest BCUT2D eigenvalue weighted by molar-refractivity contribution is 0.132. The highest BCUT2D eigenvalue weighted by Crippen LogP contribution is 2.21. The van der Waals surface area contributed by atoms with Gasteiger partial charge in [-0.1, -0.05) is 13.0 Å². The minimum absolute atomic E-state index is 0.0658. The van der Waals surface area contributed by atoms with E-state index < -0.39 is 0 Å². The van der Waals surface area contributed by atoms with Crippen LogP contribution in [0.15, 0.2) is 18.2 Å². The Bertz CT molecular complexity index is 481. The molecule has 0 bridgehead atoms. The molecule has 1 aliphatic rings. The molecule has 3 N–H and O–H groups in total. The molecule has 116 valence electrons. The molecular weight excluding hydrogens is 264 g/mol. The van der Waals surface area contributed by atoms with E-state index in [0.717, 1.165) is 39.3 Å². The molecule has 0 aliphatic carbocycles. The third-order valence-corrected chi connectivity index (χ3v) is 3.95. The highest BCUT2D eigenvalue weighted by Gasteiger charge is 2.16. The fourth-order valence-electron chi connectivity index (χ4n) is 2.69. The highest BCUT2D eigenvalue weighted by molar-refractivity contribution is 5.97. The Labute approximate surface area is 127 Å². The van der Waals surface area contributed by atoms with Crippen LogP contribution in [0.2, 0.25) is 0 Å². The van der Waals surface area contributed by atoms with Crippen LogP contribution in [0.3, 0.4) is 0 Å². The number of hydrogen-bond donors (Lipinski definition) is 2. The van der Waals surface area contributed by atoms with Gasteiger partial charge in [-0.15, -0.1) is 0 Å². The summed E-state index contributed by atoms with van der Waals surface area (Å²) in [6, 6.07) is 5.99. The molecule has 0 atom stereocenters. The number of nitrogens with zero attached hydrogens (tertiary/aromatic N) is 2. The maximum atomic E-state index is 7.70. The average Bonchev–Trinajstić information content (AvgIpc) is 2.49. The van der Waals surface area contributed by atoms with Crippen molar-refractivity contribution in [1.29, 1.82) is 5.41 Å². The van der Waals surface area contributed by atoms with Crippen molar-refractivity contribution in [3.05, 3.63) is 29.3 Å². The predicted molar refractivity (Wildman–Crippen MR) is 86.0 cm³/mol. The van der Waals surface area contributed by atoms with Gasteiger partial charge in [0.15, 0.2) is 0 Å². The van der Waals surface area contributed by atoms with E-state index in [1.807, 2.05) is 19.1 Å². The van der Waals surface area contributed by atoms with Gasteiger partial charge in [-0.05, 0) is 31.2 Å². The number of nitrogen functional groups attached to an aromatic ring is 1. The van der Waals surface area contributed by atoms with E-state index in [9.17, 15) is 0 Å². The molecule has 0 spiro atoms. The maximum Gasteiger partial charge on any atom is 0.130 e. The summed E-state index contributed by atoms with van der Waals surface area (Å²) < 4.78 is 5.53. The number of rotatable bonds is 6. The first-order chi connectivity index (χ1) is 10.1. The van der Waals surface area contributed by atoms with Crippen LogP contribution in [-0.4, -0.2) is 55.0 Å². The monoisotopic (exact) mass is 290 g/mol. The topological polar surface area (TPSA) is 65.6 Å². The Morgan fingerprint density at radius 2 is 1.86 bits per heavy atom. The normalized spacial score (nSPS) is 16.9. The summed E-state index contributed by atoms with van der Waals surface area (Å²) in [5.74, 6) is 0.764. The van der Waals surface area contributed by atoms with E-state index >= 15 is 0 Å². The van der Waals surface area contributed by atoms with Crippen LogP contribution in [0.1, 0.15) is 25.0 Å². The molecule has 1 fully saturated rings. The summed E-state index contributed by atoms with van der Waals surface area (Å²) in [6.07, 6.45) is 0. The number of likely N-dealkylation sites (N-methyl/N-ethyl adjacent to an activating group) is 1. The summed E-state index contributed by atoms with van der Waals surface area (Å²) >= 11 is 0. The Kier molecular flexibility index (Phi) is 5.59. The third kappa shape index (κ3) is 4.19. The van der Waals surface area contributed by atoms with Gasteiger partial charge in [-0.25, -0.2) is 0 Å².